The van der Waals surface area contributed by atoms with Crippen molar-refractivity contribution in [2.24, 2.45) is 10.8 Å². The summed E-state index contributed by atoms with van der Waals surface area (Å²) in [6.45, 7) is 16.8. The summed E-state index contributed by atoms with van der Waals surface area (Å²) in [7, 11) is 0. The van der Waals surface area contributed by atoms with E-state index in [1.807, 2.05) is 37.3 Å². The van der Waals surface area contributed by atoms with E-state index in [1.165, 1.54) is 5.56 Å². The minimum atomic E-state index is -0.326. The van der Waals surface area contributed by atoms with Crippen LogP contribution in [0, 0.1) is 10.8 Å². The summed E-state index contributed by atoms with van der Waals surface area (Å²) in [6, 6.07) is 18.3. The van der Waals surface area contributed by atoms with Gasteiger partial charge in [-0.15, -0.1) is 0 Å². The van der Waals surface area contributed by atoms with Gasteiger partial charge in [0, 0.05) is 0 Å². The first kappa shape index (κ1) is 23.3. The molecule has 0 amide bonds. The van der Waals surface area contributed by atoms with Crippen LogP contribution < -0.4 is 9.47 Å². The van der Waals surface area contributed by atoms with Crippen LogP contribution >= 0.6 is 0 Å². The van der Waals surface area contributed by atoms with Crippen molar-refractivity contribution in [2.75, 3.05) is 13.2 Å². The molecule has 0 bridgehead atoms. The quantitative estimate of drug-likeness (QED) is 0.334. The van der Waals surface area contributed by atoms with Crippen LogP contribution in [0.3, 0.4) is 0 Å². The molecule has 29 heavy (non-hydrogen) atoms. The Morgan fingerprint density at radius 3 is 1.93 bits per heavy atom. The monoisotopic (exact) mass is 398 g/mol. The smallest absolute Gasteiger partial charge is 0.197 e. The van der Waals surface area contributed by atoms with Crippen molar-refractivity contribution in [1.29, 1.82) is 0 Å². The highest BCUT2D eigenvalue weighted by molar-refractivity contribution is 5.30. The fourth-order valence-corrected chi connectivity index (χ4v) is 3.43. The predicted molar refractivity (Wildman–Crippen MR) is 121 cm³/mol. The number of hydrogen-bond donors (Lipinski definition) is 0. The lowest BCUT2D eigenvalue weighted by Gasteiger charge is -2.36. The summed E-state index contributed by atoms with van der Waals surface area (Å²) in [5, 5.41) is 0. The van der Waals surface area contributed by atoms with Crippen LogP contribution in [-0.4, -0.2) is 19.5 Å². The van der Waals surface area contributed by atoms with Gasteiger partial charge in [-0.3, -0.25) is 0 Å². The molecule has 0 radical (unpaired) electrons. The van der Waals surface area contributed by atoms with E-state index in [0.29, 0.717) is 19.1 Å². The van der Waals surface area contributed by atoms with Gasteiger partial charge in [0.2, 0.25) is 0 Å². The Kier molecular flexibility index (Phi) is 8.15. The molecular weight excluding hydrogens is 360 g/mol. The van der Waals surface area contributed by atoms with Crippen molar-refractivity contribution in [3.63, 3.8) is 0 Å². The molecule has 2 unspecified atom stereocenters. The van der Waals surface area contributed by atoms with Crippen LogP contribution in [0.15, 0.2) is 54.6 Å². The highest BCUT2D eigenvalue weighted by Crippen LogP contribution is 2.43. The van der Waals surface area contributed by atoms with Gasteiger partial charge in [-0.25, -0.2) is 0 Å². The Morgan fingerprint density at radius 1 is 0.759 bits per heavy atom. The van der Waals surface area contributed by atoms with Crippen molar-refractivity contribution in [2.45, 2.75) is 67.1 Å². The number of benzene rings is 2. The molecule has 0 saturated carbocycles. The first-order valence-corrected chi connectivity index (χ1v) is 10.6. The third-order valence-electron chi connectivity index (χ3n) is 4.89. The zero-order chi connectivity index (χ0) is 21.5. The Labute approximate surface area is 177 Å². The molecular formula is C26H38O3. The maximum atomic E-state index is 5.91. The van der Waals surface area contributed by atoms with Gasteiger partial charge in [-0.05, 0) is 59.9 Å². The van der Waals surface area contributed by atoms with Crippen molar-refractivity contribution in [1.82, 2.24) is 0 Å². The van der Waals surface area contributed by atoms with Gasteiger partial charge < -0.3 is 14.2 Å². The van der Waals surface area contributed by atoms with Gasteiger partial charge in [0.1, 0.15) is 18.1 Å². The molecule has 3 nitrogen and oxygen atoms in total. The minimum absolute atomic E-state index is 0.213. The van der Waals surface area contributed by atoms with Gasteiger partial charge in [0.05, 0.1) is 6.61 Å². The molecule has 0 heterocycles. The maximum Gasteiger partial charge on any atom is 0.197 e. The highest BCUT2D eigenvalue weighted by atomic mass is 16.7. The van der Waals surface area contributed by atoms with Gasteiger partial charge in [-0.2, -0.15) is 0 Å². The molecule has 0 fully saturated rings. The van der Waals surface area contributed by atoms with Crippen molar-refractivity contribution in [3.8, 4) is 11.5 Å². The zero-order valence-corrected chi connectivity index (χ0v) is 19.2. The van der Waals surface area contributed by atoms with Gasteiger partial charge >= 0.3 is 0 Å². The number of hydrogen-bond acceptors (Lipinski definition) is 3. The molecule has 0 spiro atoms. The summed E-state index contributed by atoms with van der Waals surface area (Å²) in [6.07, 6.45) is 0.825. The van der Waals surface area contributed by atoms with Crippen LogP contribution in [0.1, 0.15) is 66.4 Å². The molecule has 2 rings (SSSR count). The molecule has 0 aliphatic carbocycles. The number of ether oxygens (including phenoxy) is 3. The molecule has 0 aliphatic heterocycles. The van der Waals surface area contributed by atoms with Crippen molar-refractivity contribution >= 4 is 0 Å². The molecule has 0 aromatic heterocycles. The van der Waals surface area contributed by atoms with E-state index in [9.17, 15) is 0 Å². The second kappa shape index (κ2) is 10.2. The standard InChI is InChI=1S/C26H38O3/c1-20(27-17-18-28-22-11-9-8-10-12-22)29-23-15-13-21(14-16-23)24(26(5,6)7)19-25(2,3)4/h8-16,20,24H,17-19H2,1-7H3. The van der Waals surface area contributed by atoms with Crippen molar-refractivity contribution < 1.29 is 14.2 Å². The summed E-state index contributed by atoms with van der Waals surface area (Å²) in [5.74, 6) is 2.18. The summed E-state index contributed by atoms with van der Waals surface area (Å²) < 4.78 is 17.3. The Bertz CT molecular complexity index is 708. The third-order valence-corrected chi connectivity index (χ3v) is 4.89. The highest BCUT2D eigenvalue weighted by Gasteiger charge is 2.30. The van der Waals surface area contributed by atoms with E-state index in [4.69, 9.17) is 14.2 Å². The average molecular weight is 399 g/mol. The molecule has 0 saturated heterocycles. The van der Waals surface area contributed by atoms with E-state index in [0.717, 1.165) is 17.9 Å². The Morgan fingerprint density at radius 2 is 1.38 bits per heavy atom. The van der Waals surface area contributed by atoms with E-state index in [-0.39, 0.29) is 17.1 Å². The molecule has 160 valence electrons. The van der Waals surface area contributed by atoms with Crippen LogP contribution in [0.25, 0.3) is 0 Å². The maximum absolute atomic E-state index is 5.91. The van der Waals surface area contributed by atoms with Crippen LogP contribution in [0.2, 0.25) is 0 Å². The van der Waals surface area contributed by atoms with Crippen LogP contribution in [0.5, 0.6) is 11.5 Å². The first-order valence-electron chi connectivity index (χ1n) is 10.6. The lowest BCUT2D eigenvalue weighted by atomic mass is 9.69. The SMILES string of the molecule is CC(OCCOc1ccccc1)Oc1ccc(C(CC(C)(C)C)C(C)(C)C)cc1. The van der Waals surface area contributed by atoms with E-state index < -0.39 is 0 Å². The number of rotatable bonds is 9. The largest absolute Gasteiger partial charge is 0.491 e. The zero-order valence-electron chi connectivity index (χ0n) is 19.2. The normalized spacial score (nSPS) is 14.3. The average Bonchev–Trinajstić information content (AvgIpc) is 2.63. The minimum Gasteiger partial charge on any atom is -0.491 e. The molecule has 2 aromatic carbocycles. The van der Waals surface area contributed by atoms with Crippen molar-refractivity contribution in [3.05, 3.63) is 60.2 Å². The second-order valence-corrected chi connectivity index (χ2v) is 9.97. The summed E-state index contributed by atoms with van der Waals surface area (Å²) >= 11 is 0. The van der Waals surface area contributed by atoms with E-state index >= 15 is 0 Å². The van der Waals surface area contributed by atoms with E-state index in [2.05, 4.69) is 65.8 Å². The molecule has 2 atom stereocenters. The fourth-order valence-electron chi connectivity index (χ4n) is 3.43. The predicted octanol–water partition coefficient (Wildman–Crippen LogP) is 7.07. The summed E-state index contributed by atoms with van der Waals surface area (Å²) in [5.41, 5.74) is 1.87. The topological polar surface area (TPSA) is 27.7 Å². The Balaban J connectivity index is 1.85. The van der Waals surface area contributed by atoms with Crippen LogP contribution in [-0.2, 0) is 4.74 Å². The van der Waals surface area contributed by atoms with Gasteiger partial charge in [0.25, 0.3) is 0 Å². The first-order chi connectivity index (χ1) is 13.5. The third kappa shape index (κ3) is 8.49. The summed E-state index contributed by atoms with van der Waals surface area (Å²) in [4.78, 5) is 0. The lowest BCUT2D eigenvalue weighted by Crippen LogP contribution is -2.24. The Hall–Kier alpha value is -2.00. The number of para-hydroxylation sites is 1. The lowest BCUT2D eigenvalue weighted by molar-refractivity contribution is -0.0739. The molecule has 2 aromatic rings. The van der Waals surface area contributed by atoms with Gasteiger partial charge in [0.15, 0.2) is 6.29 Å². The molecule has 0 N–H and O–H groups in total. The second-order valence-electron chi connectivity index (χ2n) is 9.97. The fraction of sp³-hybridized carbons (Fsp3) is 0.538. The molecule has 0 aliphatic rings. The molecule has 3 heteroatoms. The van der Waals surface area contributed by atoms with Crippen LogP contribution in [0.4, 0.5) is 0 Å². The van der Waals surface area contributed by atoms with Gasteiger partial charge in [-0.1, -0.05) is 71.9 Å². The van der Waals surface area contributed by atoms with E-state index in [1.54, 1.807) is 0 Å².